The van der Waals surface area contributed by atoms with Crippen molar-refractivity contribution in [1.82, 2.24) is 0 Å². The Morgan fingerprint density at radius 2 is 1.18 bits per heavy atom. The van der Waals surface area contributed by atoms with Crippen LogP contribution >= 0.6 is 0 Å². The van der Waals surface area contributed by atoms with Gasteiger partial charge >= 0.3 is 5.92 Å². The summed E-state index contributed by atoms with van der Waals surface area (Å²) >= 11 is 0. The monoisotopic (exact) mass is 166 g/mol. The van der Waals surface area contributed by atoms with Crippen LogP contribution < -0.4 is 0 Å². The number of fused-ring (bicyclic) bond motifs is 1. The number of hydrogen-bond acceptors (Lipinski definition) is 0. The molecule has 0 amide bonds. The molecule has 2 aliphatic carbocycles. The molecule has 2 unspecified atom stereocenters. The van der Waals surface area contributed by atoms with E-state index in [9.17, 15) is 17.6 Å². The standard InChI is InChI=1S/C7H6F4/c8-5-3-1-2-4-6(5,9)7(5,10)11/h1-2H,3-4H2. The summed E-state index contributed by atoms with van der Waals surface area (Å²) in [6.07, 6.45) is 1.52. The lowest BCUT2D eigenvalue weighted by Gasteiger charge is -2.08. The predicted molar refractivity (Wildman–Crippen MR) is 31.0 cm³/mol. The Hall–Kier alpha value is -0.540. The van der Waals surface area contributed by atoms with E-state index in [4.69, 9.17) is 0 Å². The van der Waals surface area contributed by atoms with Gasteiger partial charge in [-0.15, -0.1) is 0 Å². The summed E-state index contributed by atoms with van der Waals surface area (Å²) in [6.45, 7) is 0. The van der Waals surface area contributed by atoms with Crippen molar-refractivity contribution in [3.8, 4) is 0 Å². The van der Waals surface area contributed by atoms with Crippen molar-refractivity contribution in [2.75, 3.05) is 0 Å². The van der Waals surface area contributed by atoms with E-state index in [1.54, 1.807) is 0 Å². The number of allylic oxidation sites excluding steroid dienone is 2. The third-order valence-electron chi connectivity index (χ3n) is 2.53. The van der Waals surface area contributed by atoms with Crippen molar-refractivity contribution in [1.29, 1.82) is 0 Å². The van der Waals surface area contributed by atoms with E-state index in [1.165, 1.54) is 12.2 Å². The van der Waals surface area contributed by atoms with Crippen LogP contribution in [0, 0.1) is 0 Å². The van der Waals surface area contributed by atoms with E-state index < -0.39 is 30.1 Å². The molecule has 0 aromatic rings. The number of hydrogen-bond donors (Lipinski definition) is 0. The van der Waals surface area contributed by atoms with Gasteiger partial charge in [-0.1, -0.05) is 12.2 Å². The van der Waals surface area contributed by atoms with Gasteiger partial charge in [-0.2, -0.15) is 8.78 Å². The molecule has 4 heteroatoms. The van der Waals surface area contributed by atoms with Gasteiger partial charge in [0.1, 0.15) is 0 Å². The second-order valence-electron chi connectivity index (χ2n) is 3.06. The maximum Gasteiger partial charge on any atom is 0.322 e. The van der Waals surface area contributed by atoms with Gasteiger partial charge in [0.2, 0.25) is 11.3 Å². The Bertz CT molecular complexity index is 213. The zero-order valence-corrected chi connectivity index (χ0v) is 5.58. The molecule has 0 aromatic carbocycles. The maximum absolute atomic E-state index is 12.9. The first-order chi connectivity index (χ1) is 4.96. The summed E-state index contributed by atoms with van der Waals surface area (Å²) in [4.78, 5) is 0. The van der Waals surface area contributed by atoms with Crippen LogP contribution in [-0.2, 0) is 0 Å². The molecule has 2 atom stereocenters. The van der Waals surface area contributed by atoms with Crippen LogP contribution in [0.25, 0.3) is 0 Å². The predicted octanol–water partition coefficient (Wildman–Crippen LogP) is 2.40. The molecule has 1 fully saturated rings. The summed E-state index contributed by atoms with van der Waals surface area (Å²) in [6, 6.07) is 0. The number of halogens is 4. The molecule has 0 aliphatic heterocycles. The van der Waals surface area contributed by atoms with Crippen LogP contribution in [0.3, 0.4) is 0 Å². The molecule has 62 valence electrons. The highest BCUT2D eigenvalue weighted by molar-refractivity contribution is 5.38. The largest absolute Gasteiger partial charge is 0.322 e. The zero-order valence-electron chi connectivity index (χ0n) is 5.58. The molecule has 2 rings (SSSR count). The Morgan fingerprint density at radius 1 is 0.818 bits per heavy atom. The average Bonchev–Trinajstić information content (AvgIpc) is 2.28. The molecular weight excluding hydrogens is 160 g/mol. The summed E-state index contributed by atoms with van der Waals surface area (Å²) in [5.41, 5.74) is -5.82. The van der Waals surface area contributed by atoms with Crippen molar-refractivity contribution < 1.29 is 17.6 Å². The minimum atomic E-state index is -3.77. The molecule has 0 radical (unpaired) electrons. The summed E-state index contributed by atoms with van der Waals surface area (Å²) in [7, 11) is 0. The van der Waals surface area contributed by atoms with Crippen LogP contribution in [0.2, 0.25) is 0 Å². The van der Waals surface area contributed by atoms with E-state index in [2.05, 4.69) is 0 Å². The lowest BCUT2D eigenvalue weighted by molar-refractivity contribution is 0.0268. The summed E-state index contributed by atoms with van der Waals surface area (Å²) in [5, 5.41) is 0. The number of rotatable bonds is 0. The van der Waals surface area contributed by atoms with Crippen LogP contribution in [0.4, 0.5) is 17.6 Å². The number of alkyl halides is 4. The molecule has 0 N–H and O–H groups in total. The van der Waals surface area contributed by atoms with Gasteiger partial charge in [-0.25, -0.2) is 8.78 Å². The normalized spacial score (nSPS) is 52.0. The fraction of sp³-hybridized carbons (Fsp3) is 0.714. The van der Waals surface area contributed by atoms with Crippen molar-refractivity contribution >= 4 is 0 Å². The van der Waals surface area contributed by atoms with E-state index in [0.717, 1.165) is 0 Å². The molecule has 0 bridgehead atoms. The molecule has 0 nitrogen and oxygen atoms in total. The quantitative estimate of drug-likeness (QED) is 0.383. The van der Waals surface area contributed by atoms with Crippen molar-refractivity contribution in [2.45, 2.75) is 30.1 Å². The van der Waals surface area contributed by atoms with Gasteiger partial charge in [-0.05, 0) is 0 Å². The van der Waals surface area contributed by atoms with Gasteiger partial charge in [0.05, 0.1) is 0 Å². The Balaban J connectivity index is 2.40. The minimum Gasteiger partial charge on any atom is -0.233 e. The molecule has 11 heavy (non-hydrogen) atoms. The maximum atomic E-state index is 12.9. The molecule has 0 spiro atoms. The highest BCUT2D eigenvalue weighted by Gasteiger charge is 2.95. The average molecular weight is 166 g/mol. The van der Waals surface area contributed by atoms with Gasteiger partial charge in [-0.3, -0.25) is 0 Å². The van der Waals surface area contributed by atoms with Crippen LogP contribution in [0.1, 0.15) is 12.8 Å². The third kappa shape index (κ3) is 0.470. The molecule has 0 aromatic heterocycles. The SMILES string of the molecule is FC1(F)C2(F)CC=CCC12F. The van der Waals surface area contributed by atoms with E-state index in [-0.39, 0.29) is 0 Å². The summed E-state index contributed by atoms with van der Waals surface area (Å²) in [5.74, 6) is -3.77. The topological polar surface area (TPSA) is 0 Å². The molecule has 1 saturated carbocycles. The van der Waals surface area contributed by atoms with Crippen molar-refractivity contribution in [3.63, 3.8) is 0 Å². The van der Waals surface area contributed by atoms with Gasteiger partial charge in [0.25, 0.3) is 0 Å². The second-order valence-corrected chi connectivity index (χ2v) is 3.06. The Morgan fingerprint density at radius 3 is 1.45 bits per heavy atom. The first-order valence-corrected chi connectivity index (χ1v) is 3.36. The second kappa shape index (κ2) is 1.47. The molecule has 0 heterocycles. The zero-order chi connectivity index (χ0) is 8.33. The van der Waals surface area contributed by atoms with E-state index >= 15 is 0 Å². The molecular formula is C7H6F4. The van der Waals surface area contributed by atoms with Crippen LogP contribution in [0.5, 0.6) is 0 Å². The molecule has 2 aliphatic rings. The summed E-state index contributed by atoms with van der Waals surface area (Å²) < 4.78 is 50.8. The lowest BCUT2D eigenvalue weighted by atomic mass is 10.0. The highest BCUT2D eigenvalue weighted by atomic mass is 19.3. The fourth-order valence-corrected chi connectivity index (χ4v) is 1.61. The minimum absolute atomic E-state index is 0.503. The van der Waals surface area contributed by atoms with Crippen molar-refractivity contribution in [2.24, 2.45) is 0 Å². The highest BCUT2D eigenvalue weighted by Crippen LogP contribution is 2.71. The first kappa shape index (κ1) is 7.13. The fourth-order valence-electron chi connectivity index (χ4n) is 1.61. The first-order valence-electron chi connectivity index (χ1n) is 3.36. The lowest BCUT2D eigenvalue weighted by Crippen LogP contribution is -2.18. The van der Waals surface area contributed by atoms with Gasteiger partial charge in [0.15, 0.2) is 0 Å². The van der Waals surface area contributed by atoms with Crippen LogP contribution in [0.15, 0.2) is 12.2 Å². The smallest absolute Gasteiger partial charge is 0.233 e. The van der Waals surface area contributed by atoms with Crippen LogP contribution in [-0.4, -0.2) is 17.3 Å². The molecule has 0 saturated heterocycles. The van der Waals surface area contributed by atoms with E-state index in [1.807, 2.05) is 0 Å². The Labute approximate surface area is 60.9 Å². The Kier molecular flexibility index (Phi) is 0.953. The van der Waals surface area contributed by atoms with E-state index in [0.29, 0.717) is 0 Å². The van der Waals surface area contributed by atoms with Gasteiger partial charge in [0, 0.05) is 12.8 Å². The third-order valence-corrected chi connectivity index (χ3v) is 2.53. The van der Waals surface area contributed by atoms with Crippen molar-refractivity contribution in [3.05, 3.63) is 12.2 Å². The van der Waals surface area contributed by atoms with Gasteiger partial charge < -0.3 is 0 Å².